The molecule has 162 valence electrons. The highest BCUT2D eigenvalue weighted by Gasteiger charge is 2.38. The molecule has 3 rings (SSSR count). The van der Waals surface area contributed by atoms with Gasteiger partial charge in [0.1, 0.15) is 5.75 Å². The first-order valence-electron chi connectivity index (χ1n) is 10.1. The molecule has 2 aliphatic rings. The van der Waals surface area contributed by atoms with Crippen LogP contribution in [0.3, 0.4) is 0 Å². The number of amides is 4. The van der Waals surface area contributed by atoms with Crippen molar-refractivity contribution in [1.82, 2.24) is 10.6 Å². The van der Waals surface area contributed by atoms with E-state index in [1.165, 1.54) is 18.9 Å². The average Bonchev–Trinajstić information content (AvgIpc) is 3.37. The zero-order chi connectivity index (χ0) is 21.7. The fourth-order valence-corrected chi connectivity index (χ4v) is 3.78. The third-order valence-corrected chi connectivity index (χ3v) is 5.42. The Kier molecular flexibility index (Phi) is 6.91. The summed E-state index contributed by atoms with van der Waals surface area (Å²) in [6, 6.07) is 6.52. The van der Waals surface area contributed by atoms with E-state index in [9.17, 15) is 19.2 Å². The molecule has 9 heteroatoms. The number of benzene rings is 1. The second-order valence-corrected chi connectivity index (χ2v) is 7.60. The van der Waals surface area contributed by atoms with E-state index >= 15 is 0 Å². The summed E-state index contributed by atoms with van der Waals surface area (Å²) in [5, 5.41) is 4.94. The normalized spacial score (nSPS) is 20.0. The molecular formula is C21H27N3O6. The maximum atomic E-state index is 12.5. The van der Waals surface area contributed by atoms with E-state index in [4.69, 9.17) is 9.47 Å². The highest BCUT2D eigenvalue weighted by molar-refractivity contribution is 6.01. The Morgan fingerprint density at radius 1 is 1.17 bits per heavy atom. The Bertz CT molecular complexity index is 821. The SMILES string of the molecule is COc1ccccc1N1C[C@@H](C(=O)O[C@H](C)C(=O)NC(=O)NC2CCCC2)CC1=O. The van der Waals surface area contributed by atoms with Crippen LogP contribution in [0.2, 0.25) is 0 Å². The first-order valence-corrected chi connectivity index (χ1v) is 10.1. The van der Waals surface area contributed by atoms with Crippen LogP contribution in [0.1, 0.15) is 39.0 Å². The number of hydrogen-bond donors (Lipinski definition) is 2. The lowest BCUT2D eigenvalue weighted by molar-refractivity contribution is -0.158. The number of ether oxygens (including phenoxy) is 2. The number of anilines is 1. The number of carbonyl (C=O) groups is 4. The van der Waals surface area contributed by atoms with Gasteiger partial charge in [0, 0.05) is 19.0 Å². The molecule has 9 nitrogen and oxygen atoms in total. The van der Waals surface area contributed by atoms with Gasteiger partial charge in [-0.05, 0) is 31.9 Å². The topological polar surface area (TPSA) is 114 Å². The second kappa shape index (κ2) is 9.60. The molecule has 0 radical (unpaired) electrons. The Balaban J connectivity index is 1.52. The summed E-state index contributed by atoms with van der Waals surface area (Å²) in [6.07, 6.45) is 2.72. The Morgan fingerprint density at radius 2 is 1.87 bits per heavy atom. The van der Waals surface area contributed by atoms with Crippen LogP contribution >= 0.6 is 0 Å². The molecule has 0 unspecified atom stereocenters. The van der Waals surface area contributed by atoms with E-state index in [0.29, 0.717) is 11.4 Å². The van der Waals surface area contributed by atoms with Gasteiger partial charge in [-0.2, -0.15) is 0 Å². The fourth-order valence-electron chi connectivity index (χ4n) is 3.78. The first kappa shape index (κ1) is 21.6. The van der Waals surface area contributed by atoms with Gasteiger partial charge in [-0.25, -0.2) is 4.79 Å². The van der Waals surface area contributed by atoms with Gasteiger partial charge in [0.05, 0.1) is 18.7 Å². The molecule has 1 aliphatic carbocycles. The quantitative estimate of drug-likeness (QED) is 0.682. The number of rotatable bonds is 6. The van der Waals surface area contributed by atoms with Crippen molar-refractivity contribution in [2.75, 3.05) is 18.6 Å². The van der Waals surface area contributed by atoms with E-state index in [1.54, 1.807) is 24.3 Å². The number of urea groups is 1. The maximum absolute atomic E-state index is 12.5. The molecule has 1 saturated heterocycles. The van der Waals surface area contributed by atoms with Crippen molar-refractivity contribution in [1.29, 1.82) is 0 Å². The van der Waals surface area contributed by atoms with Crippen molar-refractivity contribution in [3.63, 3.8) is 0 Å². The minimum atomic E-state index is -1.15. The molecule has 0 aromatic heterocycles. The van der Waals surface area contributed by atoms with Crippen LogP contribution in [0.15, 0.2) is 24.3 Å². The molecule has 2 N–H and O–H groups in total. The number of nitrogens with one attached hydrogen (secondary N) is 2. The summed E-state index contributed by atoms with van der Waals surface area (Å²) >= 11 is 0. The summed E-state index contributed by atoms with van der Waals surface area (Å²) in [6.45, 7) is 1.53. The van der Waals surface area contributed by atoms with E-state index in [2.05, 4.69) is 10.6 Å². The fraction of sp³-hybridized carbons (Fsp3) is 0.524. The lowest BCUT2D eigenvalue weighted by Gasteiger charge is -2.20. The van der Waals surface area contributed by atoms with Gasteiger partial charge in [-0.3, -0.25) is 19.7 Å². The number of hydrogen-bond acceptors (Lipinski definition) is 6. The van der Waals surface area contributed by atoms with E-state index in [1.807, 2.05) is 0 Å². The van der Waals surface area contributed by atoms with Gasteiger partial charge < -0.3 is 19.7 Å². The number of para-hydroxylation sites is 2. The van der Waals surface area contributed by atoms with Gasteiger partial charge >= 0.3 is 12.0 Å². The van der Waals surface area contributed by atoms with Crippen LogP contribution in [-0.2, 0) is 19.1 Å². The number of esters is 1. The van der Waals surface area contributed by atoms with Crippen molar-refractivity contribution in [3.8, 4) is 5.75 Å². The number of nitrogens with zero attached hydrogens (tertiary/aromatic N) is 1. The predicted octanol–water partition coefficient (Wildman–Crippen LogP) is 1.75. The smallest absolute Gasteiger partial charge is 0.321 e. The molecule has 1 aromatic rings. The second-order valence-electron chi connectivity index (χ2n) is 7.60. The standard InChI is InChI=1S/C21H27N3O6/c1-13(19(26)23-21(28)22-15-7-3-4-8-15)30-20(27)14-11-18(25)24(12-14)16-9-5-6-10-17(16)29-2/h5-6,9-10,13-15H,3-4,7-8,11-12H2,1-2H3,(H2,22,23,26,28)/t13-,14+/m1/s1. The molecule has 1 heterocycles. The predicted molar refractivity (Wildman–Crippen MR) is 108 cm³/mol. The van der Waals surface area contributed by atoms with Gasteiger partial charge in [0.2, 0.25) is 5.91 Å². The monoisotopic (exact) mass is 417 g/mol. The van der Waals surface area contributed by atoms with Gasteiger partial charge in [0.25, 0.3) is 5.91 Å². The summed E-state index contributed by atoms with van der Waals surface area (Å²) in [4.78, 5) is 50.5. The molecule has 0 bridgehead atoms. The van der Waals surface area contributed by atoms with Crippen LogP contribution in [0.4, 0.5) is 10.5 Å². The lowest BCUT2D eigenvalue weighted by atomic mass is 10.1. The molecule has 2 atom stereocenters. The zero-order valence-corrected chi connectivity index (χ0v) is 17.2. The van der Waals surface area contributed by atoms with E-state index < -0.39 is 29.9 Å². The van der Waals surface area contributed by atoms with E-state index in [0.717, 1.165) is 25.7 Å². The number of methoxy groups -OCH3 is 1. The van der Waals surface area contributed by atoms with Gasteiger partial charge in [-0.15, -0.1) is 0 Å². The zero-order valence-electron chi connectivity index (χ0n) is 17.2. The van der Waals surface area contributed by atoms with Crippen LogP contribution < -0.4 is 20.3 Å². The summed E-state index contributed by atoms with van der Waals surface area (Å²) < 4.78 is 10.5. The molecule has 1 aliphatic heterocycles. The van der Waals surface area contributed by atoms with Gasteiger partial charge in [0.15, 0.2) is 6.10 Å². The summed E-state index contributed by atoms with van der Waals surface area (Å²) in [7, 11) is 1.51. The summed E-state index contributed by atoms with van der Waals surface area (Å²) in [5.74, 6) is -1.76. The van der Waals surface area contributed by atoms with Gasteiger partial charge in [-0.1, -0.05) is 25.0 Å². The van der Waals surface area contributed by atoms with Crippen LogP contribution in [0, 0.1) is 5.92 Å². The molecule has 0 spiro atoms. The molecule has 30 heavy (non-hydrogen) atoms. The third kappa shape index (κ3) is 5.08. The van der Waals surface area contributed by atoms with Crippen molar-refractivity contribution in [2.45, 2.75) is 51.2 Å². The maximum Gasteiger partial charge on any atom is 0.321 e. The Hall–Kier alpha value is -3.10. The largest absolute Gasteiger partial charge is 0.495 e. The first-order chi connectivity index (χ1) is 14.4. The number of carbonyl (C=O) groups excluding carboxylic acids is 4. The van der Waals surface area contributed by atoms with Crippen LogP contribution in [0.5, 0.6) is 5.75 Å². The molecular weight excluding hydrogens is 390 g/mol. The van der Waals surface area contributed by atoms with Crippen molar-refractivity contribution in [3.05, 3.63) is 24.3 Å². The van der Waals surface area contributed by atoms with Crippen LogP contribution in [0.25, 0.3) is 0 Å². The highest BCUT2D eigenvalue weighted by Crippen LogP contribution is 2.33. The third-order valence-electron chi connectivity index (χ3n) is 5.42. The van der Waals surface area contributed by atoms with Crippen molar-refractivity contribution >= 4 is 29.5 Å². The molecule has 1 saturated carbocycles. The van der Waals surface area contributed by atoms with Crippen molar-refractivity contribution in [2.24, 2.45) is 5.92 Å². The Morgan fingerprint density at radius 3 is 2.57 bits per heavy atom. The average molecular weight is 417 g/mol. The van der Waals surface area contributed by atoms with Crippen LogP contribution in [-0.4, -0.2) is 49.6 Å². The minimum absolute atomic E-state index is 0.0204. The Labute approximate surface area is 175 Å². The molecule has 4 amide bonds. The minimum Gasteiger partial charge on any atom is -0.495 e. The summed E-state index contributed by atoms with van der Waals surface area (Å²) in [5.41, 5.74) is 0.578. The number of imide groups is 1. The highest BCUT2D eigenvalue weighted by atomic mass is 16.5. The molecule has 1 aromatic carbocycles. The van der Waals surface area contributed by atoms with E-state index in [-0.39, 0.29) is 24.9 Å². The van der Waals surface area contributed by atoms with Crippen molar-refractivity contribution < 1.29 is 28.7 Å². The lowest BCUT2D eigenvalue weighted by Crippen LogP contribution is -2.47. The molecule has 2 fully saturated rings.